The van der Waals surface area contributed by atoms with E-state index in [1.54, 1.807) is 47.4 Å². The zero-order valence-electron chi connectivity index (χ0n) is 37.3. The van der Waals surface area contributed by atoms with Gasteiger partial charge in [0.15, 0.2) is 0 Å². The van der Waals surface area contributed by atoms with Crippen LogP contribution in [0.15, 0.2) is 71.9 Å². The summed E-state index contributed by atoms with van der Waals surface area (Å²) in [5.74, 6) is -5.43. The molecule has 25 heteroatoms. The van der Waals surface area contributed by atoms with Crippen molar-refractivity contribution in [2.24, 2.45) is 16.9 Å². The normalized spacial score (nSPS) is 15.0. The van der Waals surface area contributed by atoms with E-state index in [0.717, 1.165) is 6.07 Å². The third-order valence-electron chi connectivity index (χ3n) is 10.6. The van der Waals surface area contributed by atoms with Crippen molar-refractivity contribution in [2.45, 2.75) is 81.7 Å². The van der Waals surface area contributed by atoms with Crippen LogP contribution in [0.2, 0.25) is 5.02 Å². The van der Waals surface area contributed by atoms with Crippen LogP contribution >= 0.6 is 11.6 Å². The van der Waals surface area contributed by atoms with E-state index in [9.17, 15) is 60.3 Å². The molecule has 20 nitrogen and oxygen atoms in total. The maximum Gasteiger partial charge on any atom is 0.417 e. The van der Waals surface area contributed by atoms with Crippen molar-refractivity contribution in [1.82, 2.24) is 35.5 Å². The third kappa shape index (κ3) is 15.7. The van der Waals surface area contributed by atoms with Crippen LogP contribution in [0.4, 0.5) is 18.9 Å². The van der Waals surface area contributed by atoms with Gasteiger partial charge in [-0.2, -0.15) is 17.9 Å². The summed E-state index contributed by atoms with van der Waals surface area (Å²) in [6, 6.07) is 5.79. The minimum Gasteiger partial charge on any atom is -0.480 e. The Morgan fingerprint density at radius 2 is 1.46 bits per heavy atom. The number of nitrogens with zero attached hydrogens (tertiary/aromatic N) is 3. The molecule has 0 spiro atoms. The molecule has 0 unspecified atom stereocenters. The molecule has 1 aliphatic heterocycles. The number of carbonyl (C=O) groups excluding carboxylic acids is 6. The van der Waals surface area contributed by atoms with Crippen LogP contribution in [0.5, 0.6) is 0 Å². The van der Waals surface area contributed by atoms with Gasteiger partial charge in [-0.25, -0.2) is 8.42 Å². The molecule has 10 N–H and O–H groups in total. The summed E-state index contributed by atoms with van der Waals surface area (Å²) >= 11 is 5.56. The second-order valence-corrected chi connectivity index (χ2v) is 18.9. The van der Waals surface area contributed by atoms with E-state index in [1.165, 1.54) is 36.7 Å². The van der Waals surface area contributed by atoms with Crippen LogP contribution in [0.25, 0.3) is 0 Å². The van der Waals surface area contributed by atoms with Crippen LogP contribution in [0.3, 0.4) is 0 Å². The molecule has 4 rings (SSSR count). The second-order valence-electron chi connectivity index (χ2n) is 16.8. The van der Waals surface area contributed by atoms with Gasteiger partial charge in [0.1, 0.15) is 18.1 Å². The Morgan fingerprint density at radius 3 is 2.03 bits per heavy atom. The molecule has 0 aliphatic carbocycles. The number of hydrogen-bond donors (Lipinski definition) is 8. The molecule has 0 saturated carbocycles. The van der Waals surface area contributed by atoms with Gasteiger partial charge in [-0.1, -0.05) is 32.4 Å². The molecule has 0 bridgehead atoms. The van der Waals surface area contributed by atoms with Crippen molar-refractivity contribution in [3.63, 3.8) is 0 Å². The van der Waals surface area contributed by atoms with Gasteiger partial charge < -0.3 is 47.6 Å². The number of sulfonamides is 1. The predicted molar refractivity (Wildman–Crippen MR) is 241 cm³/mol. The first-order valence-electron chi connectivity index (χ1n) is 21.1. The maximum absolute atomic E-state index is 13.9. The van der Waals surface area contributed by atoms with Crippen molar-refractivity contribution in [3.05, 3.63) is 88.7 Å². The lowest BCUT2D eigenvalue weighted by Gasteiger charge is -2.36. The lowest BCUT2D eigenvalue weighted by Crippen LogP contribution is -2.57. The fourth-order valence-corrected chi connectivity index (χ4v) is 8.28. The summed E-state index contributed by atoms with van der Waals surface area (Å²) < 4.78 is 67.4. The summed E-state index contributed by atoms with van der Waals surface area (Å²) in [5.41, 5.74) is 10.3. The van der Waals surface area contributed by atoms with E-state index in [4.69, 9.17) is 23.1 Å². The number of nitrogens with two attached hydrogens (primary N) is 2. The highest BCUT2D eigenvalue weighted by molar-refractivity contribution is 7.89. The molecule has 1 fully saturated rings. The number of piperazine rings is 1. The summed E-state index contributed by atoms with van der Waals surface area (Å²) in [5, 5.41) is 19.1. The number of carboxylic acid groups (broad SMARTS) is 1. The SMILES string of the molecule is CC(C)(C)[C@H](NC(=O)[C@H](Cc1ccncc1)NC(=O)CNC(=O)CC[C@H](NS(=O)(=O)c1ccc(Cl)c(C(F)(F)F)c1)C(=O)O)C(=O)Nc1ccc(C(=O)N2CCN(C(=O)[C@@H](N)CCN)CC2)cc1. The first-order valence-corrected chi connectivity index (χ1v) is 23.0. The van der Waals surface area contributed by atoms with Crippen LogP contribution < -0.4 is 37.5 Å². The number of carbonyl (C=O) groups is 7. The zero-order chi connectivity index (χ0) is 50.6. The quantitative estimate of drug-likeness (QED) is 0.0792. The number of amides is 6. The van der Waals surface area contributed by atoms with Crippen LogP contribution in [-0.4, -0.2) is 133 Å². The van der Waals surface area contributed by atoms with Gasteiger partial charge in [-0.05, 0) is 85.0 Å². The summed E-state index contributed by atoms with van der Waals surface area (Å²) in [6.07, 6.45) is -3.17. The van der Waals surface area contributed by atoms with Gasteiger partial charge in [0.2, 0.25) is 39.6 Å². The maximum atomic E-state index is 13.9. The third-order valence-corrected chi connectivity index (χ3v) is 12.4. The molecule has 0 radical (unpaired) electrons. The number of pyridine rings is 1. The van der Waals surface area contributed by atoms with Crippen molar-refractivity contribution in [1.29, 1.82) is 0 Å². The molecule has 4 atom stereocenters. The number of rotatable bonds is 20. The number of carboxylic acids is 1. The minimum absolute atomic E-state index is 0.0896. The second kappa shape index (κ2) is 23.7. The van der Waals surface area contributed by atoms with Crippen LogP contribution in [-0.2, 0) is 51.4 Å². The Kier molecular flexibility index (Phi) is 18.9. The Labute approximate surface area is 395 Å². The molecule has 2 heterocycles. The highest BCUT2D eigenvalue weighted by Crippen LogP contribution is 2.36. The van der Waals surface area contributed by atoms with Crippen LogP contribution in [0.1, 0.15) is 61.5 Å². The summed E-state index contributed by atoms with van der Waals surface area (Å²) in [6.45, 7) is 5.86. The first-order chi connectivity index (χ1) is 31.8. The molecule has 1 saturated heterocycles. The molecule has 68 heavy (non-hydrogen) atoms. The van der Waals surface area contributed by atoms with E-state index in [2.05, 4.69) is 26.3 Å². The van der Waals surface area contributed by atoms with E-state index < -0.39 is 110 Å². The highest BCUT2D eigenvalue weighted by atomic mass is 35.5. The average Bonchev–Trinajstić information content (AvgIpc) is 3.28. The highest BCUT2D eigenvalue weighted by Gasteiger charge is 2.37. The number of alkyl halides is 3. The number of halogens is 4. The number of aromatic nitrogens is 1. The Bertz CT molecular complexity index is 2420. The smallest absolute Gasteiger partial charge is 0.417 e. The predicted octanol–water partition coefficient (Wildman–Crippen LogP) is 1.24. The van der Waals surface area contributed by atoms with Gasteiger partial charge in [0, 0.05) is 62.7 Å². The van der Waals surface area contributed by atoms with E-state index in [0.29, 0.717) is 55.5 Å². The van der Waals surface area contributed by atoms with E-state index in [-0.39, 0.29) is 30.8 Å². The first kappa shape index (κ1) is 54.4. The molecule has 6 amide bonds. The van der Waals surface area contributed by atoms with Gasteiger partial charge >= 0.3 is 12.1 Å². The van der Waals surface area contributed by atoms with Crippen molar-refractivity contribution >= 4 is 68.7 Å². The standard InChI is InChI=1S/C43H54ClF3N10O10S/c1-42(2,3)36(38(61)52-27-6-4-26(5-7-27)39(62)56-18-20-57(21-19-56)40(63)31(49)12-15-48)54-37(60)33(22-25-13-16-50-17-14-25)53-35(59)24-51-34(58)11-10-32(41(64)65)55-68(66,67)28-8-9-30(44)29(23-28)43(45,46)47/h4-9,13-14,16-17,23,31-33,36,55H,10-12,15,18-22,24,48-49H2,1-3H3,(H,51,58)(H,52,61)(H,53,59)(H,54,60)(H,64,65)/t31-,32-,33-,36+/m0/s1. The summed E-state index contributed by atoms with van der Waals surface area (Å²) in [7, 11) is -4.86. The largest absolute Gasteiger partial charge is 0.480 e. The molecule has 1 aromatic heterocycles. The Balaban J connectivity index is 1.36. The molecule has 370 valence electrons. The topological polar surface area (TPSA) is 305 Å². The van der Waals surface area contributed by atoms with Crippen molar-refractivity contribution in [3.8, 4) is 0 Å². The van der Waals surface area contributed by atoms with Gasteiger partial charge in [0.05, 0.1) is 28.1 Å². The zero-order valence-corrected chi connectivity index (χ0v) is 38.8. The van der Waals surface area contributed by atoms with E-state index in [1.807, 2.05) is 0 Å². The van der Waals surface area contributed by atoms with Crippen LogP contribution in [0, 0.1) is 5.41 Å². The number of nitrogens with one attached hydrogen (secondary N) is 5. The molecular formula is C43H54ClF3N10O10S. The van der Waals surface area contributed by atoms with Gasteiger partial charge in [-0.3, -0.25) is 38.5 Å². The fraction of sp³-hybridized carbons (Fsp3) is 0.442. The number of anilines is 1. The Hall–Kier alpha value is -6.21. The lowest BCUT2D eigenvalue weighted by atomic mass is 9.85. The molecule has 2 aromatic carbocycles. The number of benzene rings is 2. The van der Waals surface area contributed by atoms with Gasteiger partial charge in [-0.15, -0.1) is 0 Å². The van der Waals surface area contributed by atoms with Gasteiger partial charge in [0.25, 0.3) is 5.91 Å². The molecule has 3 aromatic rings. The minimum atomic E-state index is -5.01. The molecular weight excluding hydrogens is 941 g/mol. The van der Waals surface area contributed by atoms with E-state index >= 15 is 0 Å². The molecule has 1 aliphatic rings. The monoisotopic (exact) mass is 994 g/mol. The number of hydrogen-bond acceptors (Lipinski definition) is 12. The van der Waals surface area contributed by atoms with Crippen molar-refractivity contribution < 1.29 is 60.3 Å². The number of aliphatic carboxylic acids is 1. The lowest BCUT2D eigenvalue weighted by molar-refractivity contribution is -0.139. The average molecular weight is 995 g/mol. The van der Waals surface area contributed by atoms with Crippen molar-refractivity contribution in [2.75, 3.05) is 44.6 Å². The fourth-order valence-electron chi connectivity index (χ4n) is 6.81. The summed E-state index contributed by atoms with van der Waals surface area (Å²) in [4.78, 5) is 97.5. The Morgan fingerprint density at radius 1 is 0.838 bits per heavy atom.